The number of rotatable bonds is 8. The van der Waals surface area contributed by atoms with Gasteiger partial charge < -0.3 is 25.6 Å². The van der Waals surface area contributed by atoms with Gasteiger partial charge in [-0.1, -0.05) is 0 Å². The number of hydrogen-bond acceptors (Lipinski definition) is 5. The Morgan fingerprint density at radius 2 is 2.13 bits per heavy atom. The fourth-order valence-corrected chi connectivity index (χ4v) is 0.977. The molecule has 0 saturated heterocycles. The molecule has 0 rings (SSSR count). The Bertz CT molecular complexity index is 177. The maximum Gasteiger partial charge on any atom is 0.237 e. The molecule has 90 valence electrons. The average molecular weight is 220 g/mol. The fourth-order valence-electron chi connectivity index (χ4n) is 0.977. The van der Waals surface area contributed by atoms with Gasteiger partial charge >= 0.3 is 0 Å². The second kappa shape index (κ2) is 8.60. The van der Waals surface area contributed by atoms with Gasteiger partial charge in [0, 0.05) is 27.4 Å². The monoisotopic (exact) mass is 220 g/mol. The van der Waals surface area contributed by atoms with Gasteiger partial charge in [-0.05, 0) is 6.42 Å². The lowest BCUT2D eigenvalue weighted by atomic mass is 10.2. The van der Waals surface area contributed by atoms with Crippen LogP contribution in [0.15, 0.2) is 0 Å². The lowest BCUT2D eigenvalue weighted by molar-refractivity contribution is -0.123. The van der Waals surface area contributed by atoms with E-state index in [1.807, 2.05) is 0 Å². The number of methoxy groups -OCH3 is 2. The standard InChI is InChI=1S/C9H20N2O4/c1-14-4-3-8(10)9(13)11-5-7(12)6-15-2/h7-8,12H,3-6,10H2,1-2H3,(H,11,13). The first-order valence-corrected chi connectivity index (χ1v) is 4.81. The van der Waals surface area contributed by atoms with Crippen molar-refractivity contribution < 1.29 is 19.4 Å². The van der Waals surface area contributed by atoms with Crippen molar-refractivity contribution in [1.29, 1.82) is 0 Å². The fraction of sp³-hybridized carbons (Fsp3) is 0.889. The van der Waals surface area contributed by atoms with Crippen LogP contribution < -0.4 is 11.1 Å². The first-order valence-electron chi connectivity index (χ1n) is 4.81. The maximum atomic E-state index is 11.3. The topological polar surface area (TPSA) is 93.8 Å². The van der Waals surface area contributed by atoms with Crippen LogP contribution in [0, 0.1) is 0 Å². The molecule has 0 aliphatic rings. The highest BCUT2D eigenvalue weighted by atomic mass is 16.5. The number of aliphatic hydroxyl groups is 1. The molecule has 0 fully saturated rings. The van der Waals surface area contributed by atoms with E-state index in [1.54, 1.807) is 7.11 Å². The Hall–Kier alpha value is -0.690. The minimum atomic E-state index is -0.700. The zero-order valence-corrected chi connectivity index (χ0v) is 9.23. The Kier molecular flexibility index (Phi) is 8.21. The van der Waals surface area contributed by atoms with Gasteiger partial charge in [-0.25, -0.2) is 0 Å². The predicted octanol–water partition coefficient (Wildman–Crippen LogP) is -1.53. The molecule has 0 aliphatic heterocycles. The SMILES string of the molecule is COCCC(N)C(=O)NCC(O)COC. The Labute approximate surface area is 89.7 Å². The number of carbonyl (C=O) groups excluding carboxylic acids is 1. The van der Waals surface area contributed by atoms with Gasteiger partial charge in [-0.2, -0.15) is 0 Å². The highest BCUT2D eigenvalue weighted by molar-refractivity contribution is 5.81. The van der Waals surface area contributed by atoms with Crippen molar-refractivity contribution >= 4 is 5.91 Å². The largest absolute Gasteiger partial charge is 0.389 e. The van der Waals surface area contributed by atoms with E-state index >= 15 is 0 Å². The van der Waals surface area contributed by atoms with Gasteiger partial charge in [0.25, 0.3) is 0 Å². The first kappa shape index (κ1) is 14.3. The second-order valence-electron chi connectivity index (χ2n) is 3.24. The smallest absolute Gasteiger partial charge is 0.237 e. The quantitative estimate of drug-likeness (QED) is 0.461. The molecule has 0 heterocycles. The van der Waals surface area contributed by atoms with E-state index in [0.717, 1.165) is 0 Å². The number of carbonyl (C=O) groups is 1. The molecule has 6 heteroatoms. The van der Waals surface area contributed by atoms with E-state index in [-0.39, 0.29) is 19.1 Å². The van der Waals surface area contributed by atoms with Crippen LogP contribution in [0.5, 0.6) is 0 Å². The van der Waals surface area contributed by atoms with E-state index in [1.165, 1.54) is 7.11 Å². The summed E-state index contributed by atoms with van der Waals surface area (Å²) in [4.78, 5) is 11.3. The number of hydrogen-bond donors (Lipinski definition) is 3. The second-order valence-corrected chi connectivity index (χ2v) is 3.24. The van der Waals surface area contributed by atoms with E-state index < -0.39 is 12.1 Å². The third-order valence-corrected chi connectivity index (χ3v) is 1.84. The summed E-state index contributed by atoms with van der Waals surface area (Å²) < 4.78 is 9.51. The van der Waals surface area contributed by atoms with Crippen molar-refractivity contribution in [3.05, 3.63) is 0 Å². The third kappa shape index (κ3) is 7.26. The highest BCUT2D eigenvalue weighted by Gasteiger charge is 2.13. The molecule has 0 radical (unpaired) electrons. The number of aliphatic hydroxyl groups excluding tert-OH is 1. The number of ether oxygens (including phenoxy) is 2. The van der Waals surface area contributed by atoms with Gasteiger partial charge in [0.1, 0.15) is 0 Å². The molecule has 0 bridgehead atoms. The molecule has 0 aromatic carbocycles. The van der Waals surface area contributed by atoms with E-state index in [4.69, 9.17) is 15.2 Å². The number of nitrogens with two attached hydrogens (primary N) is 1. The molecule has 0 aromatic rings. The molecule has 1 amide bonds. The van der Waals surface area contributed by atoms with Crippen molar-refractivity contribution in [2.24, 2.45) is 5.73 Å². The molecule has 4 N–H and O–H groups in total. The van der Waals surface area contributed by atoms with Crippen LogP contribution in [0.4, 0.5) is 0 Å². The van der Waals surface area contributed by atoms with E-state index in [9.17, 15) is 9.90 Å². The summed E-state index contributed by atoms with van der Waals surface area (Å²) in [6, 6.07) is -0.598. The summed E-state index contributed by atoms with van der Waals surface area (Å²) >= 11 is 0. The molecule has 15 heavy (non-hydrogen) atoms. The number of nitrogens with one attached hydrogen (secondary N) is 1. The van der Waals surface area contributed by atoms with Crippen LogP contribution in [0.3, 0.4) is 0 Å². The van der Waals surface area contributed by atoms with Gasteiger partial charge in [-0.15, -0.1) is 0 Å². The third-order valence-electron chi connectivity index (χ3n) is 1.84. The lowest BCUT2D eigenvalue weighted by Crippen LogP contribution is -2.44. The molecule has 0 aromatic heterocycles. The molecule has 2 atom stereocenters. The van der Waals surface area contributed by atoms with Crippen molar-refractivity contribution in [3.8, 4) is 0 Å². The lowest BCUT2D eigenvalue weighted by Gasteiger charge is -2.14. The van der Waals surface area contributed by atoms with Crippen LogP contribution in [0.1, 0.15) is 6.42 Å². The molecule has 2 unspecified atom stereocenters. The molecule has 0 spiro atoms. The van der Waals surface area contributed by atoms with Crippen molar-refractivity contribution in [2.75, 3.05) is 34.0 Å². The van der Waals surface area contributed by atoms with Crippen molar-refractivity contribution in [2.45, 2.75) is 18.6 Å². The summed E-state index contributed by atoms with van der Waals surface area (Å²) in [5.74, 6) is -0.290. The Morgan fingerprint density at radius 3 is 2.67 bits per heavy atom. The molecule has 0 aliphatic carbocycles. The Balaban J connectivity index is 3.63. The maximum absolute atomic E-state index is 11.3. The van der Waals surface area contributed by atoms with E-state index in [0.29, 0.717) is 13.0 Å². The minimum Gasteiger partial charge on any atom is -0.389 e. The molecule has 0 saturated carbocycles. The highest BCUT2D eigenvalue weighted by Crippen LogP contribution is 1.89. The summed E-state index contributed by atoms with van der Waals surface area (Å²) in [5.41, 5.74) is 5.56. The summed E-state index contributed by atoms with van der Waals surface area (Å²) in [7, 11) is 3.03. The minimum absolute atomic E-state index is 0.146. The normalized spacial score (nSPS) is 14.7. The average Bonchev–Trinajstić information content (AvgIpc) is 2.22. The Morgan fingerprint density at radius 1 is 1.47 bits per heavy atom. The summed E-state index contributed by atoms with van der Waals surface area (Å²) in [5, 5.41) is 11.8. The molecule has 6 nitrogen and oxygen atoms in total. The number of amides is 1. The van der Waals surface area contributed by atoms with Gasteiger partial charge in [0.15, 0.2) is 0 Å². The first-order chi connectivity index (χ1) is 7.11. The van der Waals surface area contributed by atoms with E-state index in [2.05, 4.69) is 5.32 Å². The van der Waals surface area contributed by atoms with Crippen LogP contribution in [0.2, 0.25) is 0 Å². The predicted molar refractivity (Wildman–Crippen MR) is 55.4 cm³/mol. The van der Waals surface area contributed by atoms with Crippen molar-refractivity contribution in [3.63, 3.8) is 0 Å². The zero-order valence-electron chi connectivity index (χ0n) is 9.23. The summed E-state index contributed by atoms with van der Waals surface area (Å²) in [6.45, 7) is 0.774. The van der Waals surface area contributed by atoms with Crippen molar-refractivity contribution in [1.82, 2.24) is 5.32 Å². The van der Waals surface area contributed by atoms with Crippen LogP contribution in [0.25, 0.3) is 0 Å². The molecular weight excluding hydrogens is 200 g/mol. The van der Waals surface area contributed by atoms with Gasteiger partial charge in [-0.3, -0.25) is 4.79 Å². The van der Waals surface area contributed by atoms with Crippen LogP contribution >= 0.6 is 0 Å². The van der Waals surface area contributed by atoms with Gasteiger partial charge in [0.2, 0.25) is 5.91 Å². The van der Waals surface area contributed by atoms with Crippen LogP contribution in [-0.4, -0.2) is 57.1 Å². The summed E-state index contributed by atoms with van der Waals surface area (Å²) in [6.07, 6.45) is -0.239. The van der Waals surface area contributed by atoms with Crippen LogP contribution in [-0.2, 0) is 14.3 Å². The zero-order chi connectivity index (χ0) is 11.7. The molecular formula is C9H20N2O4. The van der Waals surface area contributed by atoms with Gasteiger partial charge in [0.05, 0.1) is 18.8 Å².